The quantitative estimate of drug-likeness (QED) is 0.562. The second-order valence-corrected chi connectivity index (χ2v) is 6.70. The van der Waals surface area contributed by atoms with E-state index in [4.69, 9.17) is 5.84 Å². The highest BCUT2D eigenvalue weighted by Crippen LogP contribution is 2.25. The zero-order valence-electron chi connectivity index (χ0n) is 10.4. The minimum Gasteiger partial charge on any atom is -0.351 e. The van der Waals surface area contributed by atoms with E-state index in [2.05, 4.69) is 15.4 Å². The largest absolute Gasteiger partial charge is 0.351 e. The fourth-order valence-electron chi connectivity index (χ4n) is 2.19. The summed E-state index contributed by atoms with van der Waals surface area (Å²) in [5.74, 6) is 6.98. The number of anilines is 2. The number of nitrogens with one attached hydrogen (secondary N) is 1. The van der Waals surface area contributed by atoms with Crippen LogP contribution in [-0.4, -0.2) is 42.5 Å². The zero-order valence-corrected chi connectivity index (χ0v) is 11.2. The maximum Gasteiger partial charge on any atom is 0.154 e. The van der Waals surface area contributed by atoms with Crippen molar-refractivity contribution < 1.29 is 8.42 Å². The average molecular weight is 271 g/mol. The van der Waals surface area contributed by atoms with Gasteiger partial charge in [0.15, 0.2) is 9.84 Å². The van der Waals surface area contributed by atoms with Crippen LogP contribution in [0.5, 0.6) is 0 Å². The molecule has 100 valence electrons. The molecule has 3 N–H and O–H groups in total. The molecule has 7 nitrogen and oxygen atoms in total. The van der Waals surface area contributed by atoms with E-state index in [1.807, 2.05) is 18.7 Å². The fourth-order valence-corrected chi connectivity index (χ4v) is 3.75. The van der Waals surface area contributed by atoms with Gasteiger partial charge in [-0.1, -0.05) is 0 Å². The first-order chi connectivity index (χ1) is 8.44. The van der Waals surface area contributed by atoms with Gasteiger partial charge in [-0.05, 0) is 13.8 Å². The van der Waals surface area contributed by atoms with Gasteiger partial charge in [0.05, 0.1) is 11.5 Å². The van der Waals surface area contributed by atoms with Gasteiger partial charge in [0.1, 0.15) is 18.0 Å². The van der Waals surface area contributed by atoms with Gasteiger partial charge in [-0.3, -0.25) is 0 Å². The topological polar surface area (TPSA) is 101 Å². The third-order valence-electron chi connectivity index (χ3n) is 3.14. The van der Waals surface area contributed by atoms with E-state index in [9.17, 15) is 8.42 Å². The summed E-state index contributed by atoms with van der Waals surface area (Å²) in [6, 6.07) is -0.0945. The van der Waals surface area contributed by atoms with E-state index in [0.717, 1.165) is 11.4 Å². The third kappa shape index (κ3) is 2.39. The molecule has 0 bridgehead atoms. The van der Waals surface area contributed by atoms with Gasteiger partial charge in [-0.2, -0.15) is 0 Å². The van der Waals surface area contributed by atoms with Crippen molar-refractivity contribution in [1.82, 2.24) is 9.97 Å². The lowest BCUT2D eigenvalue weighted by Crippen LogP contribution is -2.47. The summed E-state index contributed by atoms with van der Waals surface area (Å²) in [5.41, 5.74) is 3.33. The van der Waals surface area contributed by atoms with Crippen LogP contribution in [0.1, 0.15) is 12.5 Å². The van der Waals surface area contributed by atoms with Crippen LogP contribution in [0.25, 0.3) is 0 Å². The van der Waals surface area contributed by atoms with Crippen molar-refractivity contribution in [2.75, 3.05) is 28.4 Å². The van der Waals surface area contributed by atoms with Crippen LogP contribution in [0, 0.1) is 6.92 Å². The van der Waals surface area contributed by atoms with Gasteiger partial charge in [-0.25, -0.2) is 24.2 Å². The highest BCUT2D eigenvalue weighted by molar-refractivity contribution is 7.91. The molecule has 18 heavy (non-hydrogen) atoms. The molecule has 1 fully saturated rings. The molecule has 2 heterocycles. The molecule has 0 spiro atoms. The van der Waals surface area contributed by atoms with Crippen LogP contribution < -0.4 is 16.2 Å². The summed E-state index contributed by atoms with van der Waals surface area (Å²) < 4.78 is 23.1. The molecule has 1 atom stereocenters. The molecule has 1 aromatic rings. The minimum absolute atomic E-state index is 0.0945. The van der Waals surface area contributed by atoms with Crippen molar-refractivity contribution in [3.05, 3.63) is 11.9 Å². The second kappa shape index (κ2) is 4.69. The highest BCUT2D eigenvalue weighted by atomic mass is 32.2. The molecular weight excluding hydrogens is 254 g/mol. The SMILES string of the molecule is Cc1c(NN)ncnc1N1CCS(=O)(=O)CC1C. The molecule has 1 aromatic heterocycles. The van der Waals surface area contributed by atoms with E-state index in [0.29, 0.717) is 12.4 Å². The van der Waals surface area contributed by atoms with E-state index >= 15 is 0 Å². The summed E-state index contributed by atoms with van der Waals surface area (Å²) >= 11 is 0. The summed E-state index contributed by atoms with van der Waals surface area (Å²) in [5, 5.41) is 0. The highest BCUT2D eigenvalue weighted by Gasteiger charge is 2.30. The number of nitrogen functional groups attached to an aromatic ring is 1. The molecule has 0 aliphatic carbocycles. The predicted molar refractivity (Wildman–Crippen MR) is 70.0 cm³/mol. The van der Waals surface area contributed by atoms with Crippen molar-refractivity contribution in [2.24, 2.45) is 5.84 Å². The molecule has 0 saturated carbocycles. The van der Waals surface area contributed by atoms with Gasteiger partial charge in [0.2, 0.25) is 0 Å². The van der Waals surface area contributed by atoms with Crippen molar-refractivity contribution in [2.45, 2.75) is 19.9 Å². The minimum atomic E-state index is -2.93. The number of nitrogens with two attached hydrogens (primary N) is 1. The molecule has 2 rings (SSSR count). The van der Waals surface area contributed by atoms with Crippen LogP contribution in [0.2, 0.25) is 0 Å². The third-order valence-corrected chi connectivity index (χ3v) is 4.93. The Morgan fingerprint density at radius 3 is 2.83 bits per heavy atom. The second-order valence-electron chi connectivity index (χ2n) is 4.47. The Labute approximate surface area is 106 Å². The molecule has 0 amide bonds. The molecule has 1 saturated heterocycles. The monoisotopic (exact) mass is 271 g/mol. The number of hydrogen-bond donors (Lipinski definition) is 2. The number of hydrogen-bond acceptors (Lipinski definition) is 7. The first kappa shape index (κ1) is 13.0. The van der Waals surface area contributed by atoms with Crippen molar-refractivity contribution in [1.29, 1.82) is 0 Å². The molecule has 0 aromatic carbocycles. The Hall–Kier alpha value is -1.41. The van der Waals surface area contributed by atoms with Crippen molar-refractivity contribution in [3.8, 4) is 0 Å². The van der Waals surface area contributed by atoms with E-state index in [-0.39, 0.29) is 17.5 Å². The van der Waals surface area contributed by atoms with E-state index < -0.39 is 9.84 Å². The summed E-state index contributed by atoms with van der Waals surface area (Å²) in [4.78, 5) is 10.2. The lowest BCUT2D eigenvalue weighted by molar-refractivity contribution is 0.566. The van der Waals surface area contributed by atoms with Crippen LogP contribution >= 0.6 is 0 Å². The first-order valence-corrected chi connectivity index (χ1v) is 7.52. The Bertz CT molecular complexity index is 545. The Balaban J connectivity index is 2.33. The molecule has 1 aliphatic rings. The van der Waals surface area contributed by atoms with Crippen LogP contribution in [-0.2, 0) is 9.84 Å². The van der Waals surface area contributed by atoms with Gasteiger partial charge >= 0.3 is 0 Å². The number of rotatable bonds is 2. The molecular formula is C10H17N5O2S. The van der Waals surface area contributed by atoms with Crippen LogP contribution in [0.4, 0.5) is 11.6 Å². The maximum absolute atomic E-state index is 11.6. The first-order valence-electron chi connectivity index (χ1n) is 5.70. The van der Waals surface area contributed by atoms with Crippen LogP contribution in [0.3, 0.4) is 0 Å². The molecule has 1 unspecified atom stereocenters. The summed E-state index contributed by atoms with van der Waals surface area (Å²) in [6.07, 6.45) is 1.42. The fraction of sp³-hybridized carbons (Fsp3) is 0.600. The lowest BCUT2D eigenvalue weighted by Gasteiger charge is -2.35. The van der Waals surface area contributed by atoms with Gasteiger partial charge < -0.3 is 10.3 Å². The van der Waals surface area contributed by atoms with E-state index in [1.165, 1.54) is 6.33 Å². The number of hydrazine groups is 1. The predicted octanol–water partition coefficient (Wildman–Crippen LogP) is -0.306. The lowest BCUT2D eigenvalue weighted by atomic mass is 10.2. The smallest absolute Gasteiger partial charge is 0.154 e. The Morgan fingerprint density at radius 2 is 2.22 bits per heavy atom. The molecule has 8 heteroatoms. The van der Waals surface area contributed by atoms with Crippen molar-refractivity contribution >= 4 is 21.5 Å². The molecule has 1 aliphatic heterocycles. The number of sulfone groups is 1. The Kier molecular flexibility index (Phi) is 3.40. The number of nitrogens with zero attached hydrogens (tertiary/aromatic N) is 3. The average Bonchev–Trinajstić information content (AvgIpc) is 2.29. The van der Waals surface area contributed by atoms with Gasteiger partial charge in [-0.15, -0.1) is 0 Å². The standard InChI is InChI=1S/C10H17N5O2S/c1-7-5-18(16,17)4-3-15(7)10-8(2)9(14-11)12-6-13-10/h6-7H,3-5,11H2,1-2H3,(H,12,13,14). The Morgan fingerprint density at radius 1 is 1.50 bits per heavy atom. The summed E-state index contributed by atoms with van der Waals surface area (Å²) in [7, 11) is -2.93. The van der Waals surface area contributed by atoms with Gasteiger partial charge in [0.25, 0.3) is 0 Å². The normalized spacial score (nSPS) is 22.8. The van der Waals surface area contributed by atoms with Crippen molar-refractivity contribution in [3.63, 3.8) is 0 Å². The van der Waals surface area contributed by atoms with Crippen LogP contribution in [0.15, 0.2) is 6.33 Å². The molecule has 0 radical (unpaired) electrons. The number of aromatic nitrogens is 2. The maximum atomic E-state index is 11.6. The summed E-state index contributed by atoms with van der Waals surface area (Å²) in [6.45, 7) is 4.19. The van der Waals surface area contributed by atoms with Gasteiger partial charge in [0, 0.05) is 18.2 Å². The zero-order chi connectivity index (χ0) is 13.3. The van der Waals surface area contributed by atoms with E-state index in [1.54, 1.807) is 0 Å².